The molecule has 5 N–H and O–H groups in total. The molecule has 1 saturated heterocycles. The molecule has 66 valence electrons. The average molecular weight is 163 g/mol. The zero-order chi connectivity index (χ0) is 8.43. The second-order valence-electron chi connectivity index (χ2n) is 2.75. The van der Waals surface area contributed by atoms with Crippen LogP contribution in [-0.2, 0) is 0 Å². The molecular weight excluding hydrogens is 150 g/mol. The molecule has 1 rings (SSSR count). The van der Waals surface area contributed by atoms with Crippen molar-refractivity contribution in [2.24, 2.45) is 0 Å². The lowest BCUT2D eigenvalue weighted by Crippen LogP contribution is -2.60. The van der Waals surface area contributed by atoms with E-state index in [1.54, 1.807) is 0 Å². The van der Waals surface area contributed by atoms with E-state index in [-0.39, 0.29) is 13.2 Å². The normalized spacial score (nSPS) is 45.8. The molecule has 0 aliphatic carbocycles. The average Bonchev–Trinajstić information content (AvgIpc) is 2.01. The lowest BCUT2D eigenvalue weighted by Gasteiger charge is -2.34. The van der Waals surface area contributed by atoms with Crippen LogP contribution in [0.2, 0.25) is 0 Å². The van der Waals surface area contributed by atoms with Gasteiger partial charge in [0.05, 0.1) is 24.9 Å². The first-order valence-electron chi connectivity index (χ1n) is 3.55. The van der Waals surface area contributed by atoms with Gasteiger partial charge in [0, 0.05) is 6.54 Å². The van der Waals surface area contributed by atoms with Crippen LogP contribution in [0.15, 0.2) is 0 Å². The fourth-order valence-corrected chi connectivity index (χ4v) is 1.15. The molecule has 1 aliphatic heterocycles. The number of piperidine rings is 1. The maximum Gasteiger partial charge on any atom is 0.109 e. The van der Waals surface area contributed by atoms with Crippen LogP contribution in [0.4, 0.5) is 0 Å². The second-order valence-corrected chi connectivity index (χ2v) is 2.75. The molecule has 1 heterocycles. The molecule has 0 spiro atoms. The Morgan fingerprint density at radius 2 is 1.82 bits per heavy atom. The number of aliphatic hydroxyl groups excluding tert-OH is 4. The molecule has 0 saturated carbocycles. The minimum absolute atomic E-state index is 0.198. The summed E-state index contributed by atoms with van der Waals surface area (Å²) in [6.07, 6.45) is -3.20. The Kier molecular flexibility index (Phi) is 2.80. The molecule has 0 bridgehead atoms. The third kappa shape index (κ3) is 1.69. The maximum absolute atomic E-state index is 9.18. The molecule has 4 atom stereocenters. The van der Waals surface area contributed by atoms with Crippen molar-refractivity contribution in [3.05, 3.63) is 0 Å². The van der Waals surface area contributed by atoms with E-state index in [0.717, 1.165) is 0 Å². The van der Waals surface area contributed by atoms with E-state index in [2.05, 4.69) is 5.32 Å². The fraction of sp³-hybridized carbons (Fsp3) is 1.00. The van der Waals surface area contributed by atoms with E-state index < -0.39 is 24.4 Å². The number of β-amino-alcohol motifs (C(OH)–C–C–N with tert-alkyl or cyclic N) is 1. The Morgan fingerprint density at radius 1 is 1.18 bits per heavy atom. The molecule has 0 aromatic rings. The zero-order valence-corrected chi connectivity index (χ0v) is 6.01. The number of hydrogen-bond donors (Lipinski definition) is 5. The lowest BCUT2D eigenvalue weighted by atomic mass is 9.97. The summed E-state index contributed by atoms with van der Waals surface area (Å²) in [5.41, 5.74) is 0. The smallest absolute Gasteiger partial charge is 0.109 e. The SMILES string of the molecule is OC[C@H]1NC[C@@H](O)[C@@H](O)[C@H]1O. The monoisotopic (exact) mass is 163 g/mol. The Morgan fingerprint density at radius 3 is 2.36 bits per heavy atom. The van der Waals surface area contributed by atoms with E-state index in [9.17, 15) is 5.11 Å². The van der Waals surface area contributed by atoms with Gasteiger partial charge >= 0.3 is 0 Å². The van der Waals surface area contributed by atoms with Gasteiger partial charge in [0.1, 0.15) is 6.10 Å². The topological polar surface area (TPSA) is 93.0 Å². The van der Waals surface area contributed by atoms with Gasteiger partial charge in [-0.05, 0) is 0 Å². The van der Waals surface area contributed by atoms with E-state index in [0.29, 0.717) is 0 Å². The van der Waals surface area contributed by atoms with E-state index in [4.69, 9.17) is 15.3 Å². The van der Waals surface area contributed by atoms with Crippen LogP contribution in [0.3, 0.4) is 0 Å². The molecule has 11 heavy (non-hydrogen) atoms. The predicted molar refractivity (Wildman–Crippen MR) is 36.9 cm³/mol. The summed E-state index contributed by atoms with van der Waals surface area (Å²) in [6.45, 7) is -0.0472. The molecule has 1 aliphatic rings. The van der Waals surface area contributed by atoms with Crippen LogP contribution in [0.5, 0.6) is 0 Å². The van der Waals surface area contributed by atoms with Gasteiger partial charge in [0.15, 0.2) is 0 Å². The van der Waals surface area contributed by atoms with Gasteiger partial charge in [-0.25, -0.2) is 0 Å². The summed E-state index contributed by atoms with van der Waals surface area (Å²) in [5.74, 6) is 0. The highest BCUT2D eigenvalue weighted by molar-refractivity contribution is 4.91. The molecule has 5 heteroatoms. The summed E-state index contributed by atoms with van der Waals surface area (Å²) in [7, 11) is 0. The Hall–Kier alpha value is -0.200. The van der Waals surface area contributed by atoms with Crippen LogP contribution in [0, 0.1) is 0 Å². The van der Waals surface area contributed by atoms with Gasteiger partial charge in [-0.15, -0.1) is 0 Å². The largest absolute Gasteiger partial charge is 0.395 e. The molecular formula is C6H13NO4. The highest BCUT2D eigenvalue weighted by Gasteiger charge is 2.35. The number of aliphatic hydroxyl groups is 4. The van der Waals surface area contributed by atoms with Crippen LogP contribution in [0.1, 0.15) is 0 Å². The first-order chi connectivity index (χ1) is 5.16. The quantitative estimate of drug-likeness (QED) is 0.285. The number of hydrogen-bond acceptors (Lipinski definition) is 5. The first-order valence-corrected chi connectivity index (χ1v) is 3.55. The van der Waals surface area contributed by atoms with Gasteiger partial charge in [-0.2, -0.15) is 0 Å². The summed E-state index contributed by atoms with van der Waals surface area (Å²) >= 11 is 0. The minimum atomic E-state index is -1.16. The van der Waals surface area contributed by atoms with Crippen LogP contribution >= 0.6 is 0 Å². The molecule has 0 amide bonds. The van der Waals surface area contributed by atoms with Gasteiger partial charge in [-0.1, -0.05) is 0 Å². The van der Waals surface area contributed by atoms with Gasteiger partial charge in [-0.3, -0.25) is 0 Å². The predicted octanol–water partition coefficient (Wildman–Crippen LogP) is -2.97. The van der Waals surface area contributed by atoms with Crippen molar-refractivity contribution in [3.8, 4) is 0 Å². The molecule has 5 nitrogen and oxygen atoms in total. The molecule has 0 radical (unpaired) electrons. The highest BCUT2D eigenvalue weighted by Crippen LogP contribution is 2.09. The van der Waals surface area contributed by atoms with Crippen molar-refractivity contribution >= 4 is 0 Å². The van der Waals surface area contributed by atoms with Crippen LogP contribution < -0.4 is 5.32 Å². The van der Waals surface area contributed by atoms with E-state index >= 15 is 0 Å². The van der Waals surface area contributed by atoms with Crippen molar-refractivity contribution in [1.82, 2.24) is 5.32 Å². The fourth-order valence-electron chi connectivity index (χ4n) is 1.15. The molecule has 1 fully saturated rings. The molecule has 0 aromatic heterocycles. The summed E-state index contributed by atoms with van der Waals surface area (Å²) in [4.78, 5) is 0. The summed E-state index contributed by atoms with van der Waals surface area (Å²) < 4.78 is 0. The third-order valence-electron chi connectivity index (χ3n) is 1.94. The first kappa shape index (κ1) is 8.89. The van der Waals surface area contributed by atoms with Gasteiger partial charge in [0.2, 0.25) is 0 Å². The minimum Gasteiger partial charge on any atom is -0.395 e. The van der Waals surface area contributed by atoms with Crippen molar-refractivity contribution in [1.29, 1.82) is 0 Å². The molecule has 0 aromatic carbocycles. The Bertz CT molecular complexity index is 130. The number of rotatable bonds is 1. The lowest BCUT2D eigenvalue weighted by molar-refractivity contribution is -0.101. The zero-order valence-electron chi connectivity index (χ0n) is 6.01. The Balaban J connectivity index is 2.52. The standard InChI is InChI=1S/C6H13NO4/c8-2-3-5(10)6(11)4(9)1-7-3/h3-11H,1-2H2/t3-,4-,5+,6-/m1/s1. The van der Waals surface area contributed by atoms with Crippen LogP contribution in [0.25, 0.3) is 0 Å². The van der Waals surface area contributed by atoms with Crippen LogP contribution in [-0.4, -0.2) is 57.9 Å². The van der Waals surface area contributed by atoms with Gasteiger partial charge in [0.25, 0.3) is 0 Å². The van der Waals surface area contributed by atoms with Gasteiger partial charge < -0.3 is 25.7 Å². The number of nitrogens with one attached hydrogen (secondary N) is 1. The molecule has 0 unspecified atom stereocenters. The van der Waals surface area contributed by atoms with Crippen molar-refractivity contribution < 1.29 is 20.4 Å². The summed E-state index contributed by atoms with van der Waals surface area (Å²) in [5, 5.41) is 38.6. The van der Waals surface area contributed by atoms with E-state index in [1.165, 1.54) is 0 Å². The second kappa shape index (κ2) is 3.46. The maximum atomic E-state index is 9.18. The summed E-state index contributed by atoms with van der Waals surface area (Å²) in [6, 6.07) is -0.534. The Labute approximate surface area is 64.3 Å². The van der Waals surface area contributed by atoms with Crippen molar-refractivity contribution in [3.63, 3.8) is 0 Å². The van der Waals surface area contributed by atoms with Crippen molar-refractivity contribution in [2.75, 3.05) is 13.2 Å². The third-order valence-corrected chi connectivity index (χ3v) is 1.94. The van der Waals surface area contributed by atoms with E-state index in [1.807, 2.05) is 0 Å². The highest BCUT2D eigenvalue weighted by atomic mass is 16.4. The van der Waals surface area contributed by atoms with Crippen molar-refractivity contribution in [2.45, 2.75) is 24.4 Å².